The zero-order valence-corrected chi connectivity index (χ0v) is 15.7. The van der Waals surface area contributed by atoms with Crippen LogP contribution >= 0.6 is 0 Å². The van der Waals surface area contributed by atoms with Crippen LogP contribution in [0.5, 0.6) is 5.75 Å². The van der Waals surface area contributed by atoms with Crippen LogP contribution < -0.4 is 15.4 Å². The van der Waals surface area contributed by atoms with Crippen molar-refractivity contribution in [3.05, 3.63) is 89.0 Å². The molecule has 1 aliphatic heterocycles. The van der Waals surface area contributed by atoms with Gasteiger partial charge in [0.1, 0.15) is 5.75 Å². The van der Waals surface area contributed by atoms with Gasteiger partial charge in [-0.05, 0) is 31.2 Å². The lowest BCUT2D eigenvalue weighted by molar-refractivity contribution is -0.118. The summed E-state index contributed by atoms with van der Waals surface area (Å²) in [5.74, 6) is -0.349. The van der Waals surface area contributed by atoms with Gasteiger partial charge in [-0.2, -0.15) is 0 Å². The number of ketones is 1. The van der Waals surface area contributed by atoms with Crippen LogP contribution in [-0.4, -0.2) is 24.2 Å². The molecule has 6 heteroatoms. The number of hydrogen-bond donors (Lipinski definition) is 2. The van der Waals surface area contributed by atoms with Crippen LogP contribution in [0.15, 0.2) is 66.7 Å². The van der Waals surface area contributed by atoms with E-state index in [1.54, 1.807) is 54.6 Å². The standard InChI is InChI=1S/C23H18N2O4/c1-14-6-8-15(9-7-14)22(27)17-4-2-3-5-18(17)23(28)24-16-10-11-20-19(12-16)25-21(26)13-29-20/h2-12H,13H2,1H3,(H,24,28)(H,25,26). The number of fused-ring (bicyclic) bond motifs is 1. The van der Waals surface area contributed by atoms with Gasteiger partial charge in [-0.1, -0.05) is 48.0 Å². The van der Waals surface area contributed by atoms with Crippen molar-refractivity contribution in [1.82, 2.24) is 0 Å². The number of ether oxygens (including phenoxy) is 1. The van der Waals surface area contributed by atoms with Gasteiger partial charge in [-0.15, -0.1) is 0 Å². The fourth-order valence-corrected chi connectivity index (χ4v) is 3.10. The Hall–Kier alpha value is -3.93. The van der Waals surface area contributed by atoms with E-state index in [9.17, 15) is 14.4 Å². The maximum absolute atomic E-state index is 12.9. The first-order valence-electron chi connectivity index (χ1n) is 9.10. The third-order valence-corrected chi connectivity index (χ3v) is 4.60. The first-order chi connectivity index (χ1) is 14.0. The quantitative estimate of drug-likeness (QED) is 0.668. The normalized spacial score (nSPS) is 12.4. The monoisotopic (exact) mass is 386 g/mol. The van der Waals surface area contributed by atoms with Crippen molar-refractivity contribution in [2.45, 2.75) is 6.92 Å². The number of hydrogen-bond acceptors (Lipinski definition) is 4. The summed E-state index contributed by atoms with van der Waals surface area (Å²) in [5.41, 5.74) is 3.14. The third kappa shape index (κ3) is 3.87. The largest absolute Gasteiger partial charge is 0.482 e. The van der Waals surface area contributed by atoms with Gasteiger partial charge in [0.15, 0.2) is 12.4 Å². The fourth-order valence-electron chi connectivity index (χ4n) is 3.10. The molecule has 0 radical (unpaired) electrons. The van der Waals surface area contributed by atoms with Crippen molar-refractivity contribution in [1.29, 1.82) is 0 Å². The van der Waals surface area contributed by atoms with E-state index in [1.807, 2.05) is 19.1 Å². The molecule has 3 aromatic carbocycles. The number of anilines is 2. The molecule has 0 atom stereocenters. The van der Waals surface area contributed by atoms with Gasteiger partial charge in [0.2, 0.25) is 0 Å². The number of amides is 2. The highest BCUT2D eigenvalue weighted by molar-refractivity contribution is 6.17. The molecule has 2 amide bonds. The van der Waals surface area contributed by atoms with Crippen LogP contribution in [0.2, 0.25) is 0 Å². The molecule has 29 heavy (non-hydrogen) atoms. The minimum absolute atomic E-state index is 0.0345. The van der Waals surface area contributed by atoms with Crippen molar-refractivity contribution in [2.75, 3.05) is 17.2 Å². The van der Waals surface area contributed by atoms with Crippen LogP contribution in [0.3, 0.4) is 0 Å². The molecule has 0 aliphatic carbocycles. The number of rotatable bonds is 4. The molecule has 1 heterocycles. The van der Waals surface area contributed by atoms with Crippen molar-refractivity contribution in [3.8, 4) is 5.75 Å². The highest BCUT2D eigenvalue weighted by atomic mass is 16.5. The average Bonchev–Trinajstić information content (AvgIpc) is 2.73. The van der Waals surface area contributed by atoms with Crippen LogP contribution in [-0.2, 0) is 4.79 Å². The summed E-state index contributed by atoms with van der Waals surface area (Å²) >= 11 is 0. The smallest absolute Gasteiger partial charge is 0.262 e. The van der Waals surface area contributed by atoms with Crippen molar-refractivity contribution >= 4 is 29.0 Å². The Morgan fingerprint density at radius 1 is 0.966 bits per heavy atom. The Morgan fingerprint density at radius 3 is 2.45 bits per heavy atom. The Kier molecular flexibility index (Phi) is 4.83. The summed E-state index contributed by atoms with van der Waals surface area (Å²) in [6, 6.07) is 18.9. The molecule has 0 aromatic heterocycles. The van der Waals surface area contributed by atoms with Crippen LogP contribution in [0.25, 0.3) is 0 Å². The summed E-state index contributed by atoms with van der Waals surface area (Å²) in [7, 11) is 0. The lowest BCUT2D eigenvalue weighted by atomic mass is 9.97. The second-order valence-corrected chi connectivity index (χ2v) is 6.74. The molecule has 1 aliphatic rings. The maximum Gasteiger partial charge on any atom is 0.262 e. The predicted molar refractivity (Wildman–Crippen MR) is 110 cm³/mol. The van der Waals surface area contributed by atoms with E-state index < -0.39 is 5.91 Å². The fraction of sp³-hybridized carbons (Fsp3) is 0.0870. The SMILES string of the molecule is Cc1ccc(C(=O)c2ccccc2C(=O)Nc2ccc3c(c2)NC(=O)CO3)cc1. The van der Waals surface area contributed by atoms with Crippen molar-refractivity contribution in [3.63, 3.8) is 0 Å². The molecule has 0 unspecified atom stereocenters. The van der Waals surface area contributed by atoms with E-state index >= 15 is 0 Å². The van der Waals surface area contributed by atoms with Crippen molar-refractivity contribution in [2.24, 2.45) is 0 Å². The Bertz CT molecular complexity index is 1120. The molecule has 144 valence electrons. The van der Waals surface area contributed by atoms with Gasteiger partial charge in [0.25, 0.3) is 11.8 Å². The van der Waals surface area contributed by atoms with Crippen LogP contribution in [0, 0.1) is 6.92 Å². The molecule has 4 rings (SSSR count). The minimum atomic E-state index is -0.413. The number of carbonyl (C=O) groups excluding carboxylic acids is 3. The van der Waals surface area contributed by atoms with Gasteiger partial charge < -0.3 is 15.4 Å². The van der Waals surface area contributed by atoms with Gasteiger partial charge in [-0.25, -0.2) is 0 Å². The van der Waals surface area contributed by atoms with Gasteiger partial charge in [0, 0.05) is 16.8 Å². The second kappa shape index (κ2) is 7.59. The van der Waals surface area contributed by atoms with E-state index in [4.69, 9.17) is 4.74 Å². The van der Waals surface area contributed by atoms with Crippen LogP contribution in [0.1, 0.15) is 31.8 Å². The number of carbonyl (C=O) groups is 3. The molecule has 3 aromatic rings. The first-order valence-corrected chi connectivity index (χ1v) is 9.10. The molecule has 0 spiro atoms. The average molecular weight is 386 g/mol. The Labute approximate surface area is 167 Å². The molecule has 0 saturated heterocycles. The molecule has 0 bridgehead atoms. The molecule has 0 saturated carbocycles. The maximum atomic E-state index is 12.9. The highest BCUT2D eigenvalue weighted by Crippen LogP contribution is 2.30. The molecule has 6 nitrogen and oxygen atoms in total. The highest BCUT2D eigenvalue weighted by Gasteiger charge is 2.20. The zero-order valence-electron chi connectivity index (χ0n) is 15.7. The van der Waals surface area contributed by atoms with E-state index in [2.05, 4.69) is 10.6 Å². The summed E-state index contributed by atoms with van der Waals surface area (Å²) in [4.78, 5) is 37.3. The van der Waals surface area contributed by atoms with Gasteiger partial charge in [-0.3, -0.25) is 14.4 Å². The molecule has 0 fully saturated rings. The second-order valence-electron chi connectivity index (χ2n) is 6.74. The van der Waals surface area contributed by atoms with Crippen LogP contribution in [0.4, 0.5) is 11.4 Å². The third-order valence-electron chi connectivity index (χ3n) is 4.60. The van der Waals surface area contributed by atoms with Gasteiger partial charge >= 0.3 is 0 Å². The Morgan fingerprint density at radius 2 is 1.69 bits per heavy atom. The van der Waals surface area contributed by atoms with E-state index in [0.29, 0.717) is 28.3 Å². The van der Waals surface area contributed by atoms with E-state index in [-0.39, 0.29) is 23.9 Å². The number of benzene rings is 3. The lowest BCUT2D eigenvalue weighted by Crippen LogP contribution is -2.25. The summed E-state index contributed by atoms with van der Waals surface area (Å²) < 4.78 is 5.32. The molecular formula is C23H18N2O4. The van der Waals surface area contributed by atoms with E-state index in [1.165, 1.54) is 0 Å². The topological polar surface area (TPSA) is 84.5 Å². The van der Waals surface area contributed by atoms with Gasteiger partial charge in [0.05, 0.1) is 11.3 Å². The minimum Gasteiger partial charge on any atom is -0.482 e. The molecule has 2 N–H and O–H groups in total. The first kappa shape index (κ1) is 18.4. The summed E-state index contributed by atoms with van der Waals surface area (Å²) in [5, 5.41) is 5.48. The number of aryl methyl sites for hydroxylation is 1. The summed E-state index contributed by atoms with van der Waals surface area (Å²) in [6.45, 7) is 1.91. The zero-order chi connectivity index (χ0) is 20.4. The van der Waals surface area contributed by atoms with Crippen molar-refractivity contribution < 1.29 is 19.1 Å². The lowest BCUT2D eigenvalue weighted by Gasteiger charge is -2.18. The Balaban J connectivity index is 1.60. The van der Waals surface area contributed by atoms with E-state index in [0.717, 1.165) is 5.56 Å². The summed E-state index contributed by atoms with van der Waals surface area (Å²) in [6.07, 6.45) is 0. The predicted octanol–water partition coefficient (Wildman–Crippen LogP) is 3.81. The molecular weight excluding hydrogens is 368 g/mol. The number of nitrogens with one attached hydrogen (secondary N) is 2.